The van der Waals surface area contributed by atoms with E-state index in [2.05, 4.69) is 10.6 Å². The van der Waals surface area contributed by atoms with Gasteiger partial charge in [-0.3, -0.25) is 25.2 Å². The van der Waals surface area contributed by atoms with Gasteiger partial charge in [-0.2, -0.15) is 8.42 Å². The number of guanidine groups is 2. The van der Waals surface area contributed by atoms with E-state index in [-0.39, 0.29) is 11.9 Å². The van der Waals surface area contributed by atoms with Gasteiger partial charge >= 0.3 is 10.4 Å². The molecule has 1 rings (SSSR count). The number of benzene rings is 1. The topological polar surface area (TPSA) is 172 Å². The van der Waals surface area contributed by atoms with E-state index >= 15 is 0 Å². The second-order valence-electron chi connectivity index (χ2n) is 3.52. The molecule has 0 aliphatic heterocycles. The average molecular weight is 303 g/mol. The highest BCUT2D eigenvalue weighted by Gasteiger charge is 1.96. The Bertz CT molecular complexity index is 524. The van der Waals surface area contributed by atoms with Crippen molar-refractivity contribution in [1.29, 1.82) is 10.8 Å². The highest BCUT2D eigenvalue weighted by molar-refractivity contribution is 7.79. The predicted molar refractivity (Wildman–Crippen MR) is 75.1 cm³/mol. The minimum atomic E-state index is -4.67. The minimum absolute atomic E-state index is 0.0541. The molecular formula is C10H17N5O4S. The van der Waals surface area contributed by atoms with Crippen molar-refractivity contribution in [2.45, 2.75) is 6.42 Å². The molecule has 20 heavy (non-hydrogen) atoms. The summed E-state index contributed by atoms with van der Waals surface area (Å²) in [5, 5.41) is 19.4. The van der Waals surface area contributed by atoms with Gasteiger partial charge in [0.2, 0.25) is 0 Å². The molecule has 0 fully saturated rings. The van der Waals surface area contributed by atoms with Gasteiger partial charge in [0.25, 0.3) is 0 Å². The molecule has 0 bridgehead atoms. The lowest BCUT2D eigenvalue weighted by molar-refractivity contribution is 0.381. The lowest BCUT2D eigenvalue weighted by Crippen LogP contribution is -2.43. The van der Waals surface area contributed by atoms with Crippen LogP contribution in [0.25, 0.3) is 0 Å². The molecular weight excluding hydrogens is 286 g/mol. The van der Waals surface area contributed by atoms with Crippen molar-refractivity contribution in [2.75, 3.05) is 6.54 Å². The van der Waals surface area contributed by atoms with Gasteiger partial charge in [-0.15, -0.1) is 0 Å². The molecule has 9 nitrogen and oxygen atoms in total. The summed E-state index contributed by atoms with van der Waals surface area (Å²) in [5.41, 5.74) is 6.28. The van der Waals surface area contributed by atoms with Crippen LogP contribution in [0.2, 0.25) is 0 Å². The molecule has 8 N–H and O–H groups in total. The third-order valence-corrected chi connectivity index (χ3v) is 1.82. The molecule has 0 aromatic heterocycles. The van der Waals surface area contributed by atoms with Crippen LogP contribution in [0.5, 0.6) is 0 Å². The summed E-state index contributed by atoms with van der Waals surface area (Å²) in [6.45, 7) is 0.642. The van der Waals surface area contributed by atoms with E-state index in [0.29, 0.717) is 6.54 Å². The summed E-state index contributed by atoms with van der Waals surface area (Å²) in [6, 6.07) is 9.99. The zero-order valence-electron chi connectivity index (χ0n) is 10.5. The smallest absolute Gasteiger partial charge is 0.370 e. The third-order valence-electron chi connectivity index (χ3n) is 1.82. The monoisotopic (exact) mass is 303 g/mol. The molecule has 0 saturated heterocycles. The van der Waals surface area contributed by atoms with E-state index in [4.69, 9.17) is 34.1 Å². The standard InChI is InChI=1S/C10H15N5.H2O4S/c11-9(12)15-10(13)14-7-6-8-4-2-1-3-5-8;1-5(2,3)4/h1-5H,6-7H2,(H6,11,12,13,14,15);(H2,1,2,3,4). The molecule has 0 spiro atoms. The Kier molecular flexibility index (Phi) is 7.89. The second-order valence-corrected chi connectivity index (χ2v) is 4.42. The van der Waals surface area contributed by atoms with Crippen LogP contribution in [0, 0.1) is 10.8 Å². The van der Waals surface area contributed by atoms with Crippen LogP contribution >= 0.6 is 0 Å². The molecule has 0 radical (unpaired) electrons. The van der Waals surface area contributed by atoms with Gasteiger partial charge in [0.1, 0.15) is 0 Å². The number of nitrogens with one attached hydrogen (secondary N) is 4. The quantitative estimate of drug-likeness (QED) is 0.225. The van der Waals surface area contributed by atoms with Crippen molar-refractivity contribution < 1.29 is 17.5 Å². The van der Waals surface area contributed by atoms with Crippen molar-refractivity contribution in [3.8, 4) is 0 Å². The number of rotatable bonds is 3. The fraction of sp³-hybridized carbons (Fsp3) is 0.200. The van der Waals surface area contributed by atoms with E-state index in [1.54, 1.807) is 0 Å². The highest BCUT2D eigenvalue weighted by Crippen LogP contribution is 1.97. The van der Waals surface area contributed by atoms with Gasteiger partial charge in [-0.1, -0.05) is 30.3 Å². The first-order chi connectivity index (χ1) is 9.18. The molecule has 0 aliphatic carbocycles. The maximum atomic E-state index is 8.74. The highest BCUT2D eigenvalue weighted by atomic mass is 32.3. The number of nitrogens with two attached hydrogens (primary N) is 1. The molecule has 0 unspecified atom stereocenters. The first-order valence-corrected chi connectivity index (χ1v) is 6.75. The number of hydrogen-bond donors (Lipinski definition) is 7. The Labute approximate surface area is 116 Å². The van der Waals surface area contributed by atoms with Gasteiger partial charge < -0.3 is 11.1 Å². The first-order valence-electron chi connectivity index (χ1n) is 5.35. The summed E-state index contributed by atoms with van der Waals surface area (Å²) in [4.78, 5) is 0. The second kappa shape index (κ2) is 8.85. The Morgan fingerprint density at radius 1 is 1.20 bits per heavy atom. The lowest BCUT2D eigenvalue weighted by Gasteiger charge is -2.08. The Morgan fingerprint density at radius 2 is 1.70 bits per heavy atom. The third kappa shape index (κ3) is 13.9. The fourth-order valence-electron chi connectivity index (χ4n) is 1.16. The summed E-state index contributed by atoms with van der Waals surface area (Å²) in [6.07, 6.45) is 0.836. The molecule has 112 valence electrons. The summed E-state index contributed by atoms with van der Waals surface area (Å²) < 4.78 is 31.6. The predicted octanol–water partition coefficient (Wildman–Crippen LogP) is -0.416. The maximum absolute atomic E-state index is 8.74. The van der Waals surface area contributed by atoms with Crippen molar-refractivity contribution >= 4 is 22.3 Å². The van der Waals surface area contributed by atoms with E-state index in [1.807, 2.05) is 30.3 Å². The molecule has 0 heterocycles. The summed E-state index contributed by atoms with van der Waals surface area (Å²) in [7, 11) is -4.67. The van der Waals surface area contributed by atoms with E-state index < -0.39 is 10.4 Å². The molecule has 0 amide bonds. The lowest BCUT2D eigenvalue weighted by atomic mass is 10.1. The summed E-state index contributed by atoms with van der Waals surface area (Å²) >= 11 is 0. The molecule has 10 heteroatoms. The van der Waals surface area contributed by atoms with Crippen LogP contribution < -0.4 is 16.4 Å². The van der Waals surface area contributed by atoms with Gasteiger partial charge in [0.05, 0.1) is 0 Å². The molecule has 0 aliphatic rings. The Balaban J connectivity index is 0.000000621. The van der Waals surface area contributed by atoms with E-state index in [1.165, 1.54) is 5.56 Å². The zero-order chi connectivity index (χ0) is 15.6. The minimum Gasteiger partial charge on any atom is -0.370 e. The number of hydrogen-bond acceptors (Lipinski definition) is 4. The maximum Gasteiger partial charge on any atom is 0.394 e. The summed E-state index contributed by atoms with van der Waals surface area (Å²) in [5.74, 6) is -0.175. The fourth-order valence-corrected chi connectivity index (χ4v) is 1.16. The molecule has 1 aromatic carbocycles. The van der Waals surface area contributed by atoms with Gasteiger partial charge in [-0.05, 0) is 12.0 Å². The largest absolute Gasteiger partial charge is 0.394 e. The Morgan fingerprint density at radius 3 is 2.15 bits per heavy atom. The van der Waals surface area contributed by atoms with Gasteiger partial charge in [0.15, 0.2) is 11.9 Å². The van der Waals surface area contributed by atoms with Gasteiger partial charge in [-0.25, -0.2) is 0 Å². The van der Waals surface area contributed by atoms with E-state index in [9.17, 15) is 0 Å². The zero-order valence-corrected chi connectivity index (χ0v) is 11.3. The normalized spacial score (nSPS) is 9.90. The van der Waals surface area contributed by atoms with Crippen molar-refractivity contribution in [3.63, 3.8) is 0 Å². The first kappa shape index (κ1) is 17.8. The van der Waals surface area contributed by atoms with Crippen LogP contribution in [-0.4, -0.2) is 36.0 Å². The van der Waals surface area contributed by atoms with Gasteiger partial charge in [0, 0.05) is 6.54 Å². The van der Waals surface area contributed by atoms with Crippen molar-refractivity contribution in [2.24, 2.45) is 5.73 Å². The molecule has 0 saturated carbocycles. The van der Waals surface area contributed by atoms with Crippen LogP contribution in [0.4, 0.5) is 0 Å². The molecule has 0 atom stereocenters. The van der Waals surface area contributed by atoms with Crippen molar-refractivity contribution in [3.05, 3.63) is 35.9 Å². The van der Waals surface area contributed by atoms with Crippen molar-refractivity contribution in [1.82, 2.24) is 10.6 Å². The SMILES string of the molecule is N=C(N)NC(=N)NCCc1ccccc1.O=S(=O)(O)O. The van der Waals surface area contributed by atoms with Crippen LogP contribution in [-0.2, 0) is 16.8 Å². The molecule has 1 aromatic rings. The van der Waals surface area contributed by atoms with Crippen LogP contribution in [0.3, 0.4) is 0 Å². The van der Waals surface area contributed by atoms with Crippen LogP contribution in [0.15, 0.2) is 30.3 Å². The average Bonchev–Trinajstić information content (AvgIpc) is 2.27. The van der Waals surface area contributed by atoms with Crippen LogP contribution in [0.1, 0.15) is 5.56 Å². The van der Waals surface area contributed by atoms with E-state index in [0.717, 1.165) is 6.42 Å². The Hall–Kier alpha value is -2.17.